The Morgan fingerprint density at radius 1 is 1.06 bits per heavy atom. The van der Waals surface area contributed by atoms with Crippen LogP contribution < -0.4 is 5.43 Å². The zero-order valence-corrected chi connectivity index (χ0v) is 20.1. The Morgan fingerprint density at radius 3 is 2.53 bits per heavy atom. The van der Waals surface area contributed by atoms with Crippen molar-refractivity contribution >= 4 is 44.6 Å². The van der Waals surface area contributed by atoms with Crippen LogP contribution in [-0.4, -0.2) is 61.4 Å². The molecule has 166 valence electrons. The van der Waals surface area contributed by atoms with Gasteiger partial charge in [0.15, 0.2) is 5.43 Å². The molecule has 3 aromatic rings. The molecule has 0 spiro atoms. The predicted octanol–water partition coefficient (Wildman–Crippen LogP) is 4.15. The van der Waals surface area contributed by atoms with Crippen molar-refractivity contribution in [1.82, 2.24) is 9.80 Å². The predicted molar refractivity (Wildman–Crippen MR) is 129 cm³/mol. The Labute approximate surface area is 198 Å². The van der Waals surface area contributed by atoms with Gasteiger partial charge < -0.3 is 14.1 Å². The van der Waals surface area contributed by atoms with Crippen molar-refractivity contribution in [3.63, 3.8) is 0 Å². The van der Waals surface area contributed by atoms with Crippen molar-refractivity contribution in [2.45, 2.75) is 10.9 Å². The molecular formula is C24H23BrN2O4S. The molecular weight excluding hydrogens is 492 g/mol. The number of carbonyl (C=O) groups is 1. The minimum absolute atomic E-state index is 0.149. The molecule has 2 aliphatic heterocycles. The Hall–Kier alpha value is -2.13. The average molecular weight is 515 g/mol. The van der Waals surface area contributed by atoms with Crippen LogP contribution in [0.1, 0.15) is 27.7 Å². The second-order valence-electron chi connectivity index (χ2n) is 7.94. The highest BCUT2D eigenvalue weighted by molar-refractivity contribution is 9.10. The number of nitrogens with zero attached hydrogens (tertiary/aromatic N) is 2. The molecule has 1 fully saturated rings. The van der Waals surface area contributed by atoms with E-state index in [-0.39, 0.29) is 17.1 Å². The standard InChI is InChI=1S/C24H23BrN2O4S/c1-32-17-5-2-15(3-6-17)21-20-22(28)18-14-16(25)4-7-19(18)31-23(20)24(29)27(21)9-8-26-10-12-30-13-11-26/h2-7,14,21H,8-13H2,1H3. The van der Waals surface area contributed by atoms with Gasteiger partial charge in [0.1, 0.15) is 5.58 Å². The van der Waals surface area contributed by atoms with Crippen LogP contribution in [0.4, 0.5) is 0 Å². The zero-order chi connectivity index (χ0) is 22.2. The second kappa shape index (κ2) is 9.02. The molecule has 1 aromatic heterocycles. The number of hydrogen-bond acceptors (Lipinski definition) is 6. The lowest BCUT2D eigenvalue weighted by atomic mass is 9.98. The lowest BCUT2D eigenvalue weighted by Gasteiger charge is -2.31. The van der Waals surface area contributed by atoms with E-state index in [0.29, 0.717) is 36.3 Å². The molecule has 0 bridgehead atoms. The van der Waals surface area contributed by atoms with Gasteiger partial charge in [-0.3, -0.25) is 14.5 Å². The number of halogens is 1. The third-order valence-electron chi connectivity index (χ3n) is 6.12. The van der Waals surface area contributed by atoms with Crippen LogP contribution >= 0.6 is 27.7 Å². The monoisotopic (exact) mass is 514 g/mol. The van der Waals surface area contributed by atoms with E-state index in [0.717, 1.165) is 34.6 Å². The molecule has 1 saturated heterocycles. The summed E-state index contributed by atoms with van der Waals surface area (Å²) in [7, 11) is 0. The van der Waals surface area contributed by atoms with Crippen molar-refractivity contribution in [3.05, 3.63) is 74.0 Å². The molecule has 0 aliphatic carbocycles. The number of ether oxygens (including phenoxy) is 1. The summed E-state index contributed by atoms with van der Waals surface area (Å²) in [6.45, 7) is 4.33. The summed E-state index contributed by atoms with van der Waals surface area (Å²) >= 11 is 5.10. The minimum Gasteiger partial charge on any atom is -0.450 e. The average Bonchev–Trinajstić information content (AvgIpc) is 3.10. The van der Waals surface area contributed by atoms with Gasteiger partial charge in [-0.15, -0.1) is 11.8 Å². The molecule has 0 radical (unpaired) electrons. The first kappa shape index (κ1) is 21.7. The van der Waals surface area contributed by atoms with Crippen molar-refractivity contribution in [1.29, 1.82) is 0 Å². The summed E-state index contributed by atoms with van der Waals surface area (Å²) in [4.78, 5) is 32.3. The number of fused-ring (bicyclic) bond motifs is 2. The molecule has 5 rings (SSSR count). The number of rotatable bonds is 5. The van der Waals surface area contributed by atoms with Gasteiger partial charge >= 0.3 is 0 Å². The van der Waals surface area contributed by atoms with E-state index < -0.39 is 6.04 Å². The van der Waals surface area contributed by atoms with Crippen LogP contribution in [0.15, 0.2) is 61.0 Å². The number of benzene rings is 2. The fourth-order valence-electron chi connectivity index (χ4n) is 4.43. The van der Waals surface area contributed by atoms with Gasteiger partial charge in [-0.1, -0.05) is 28.1 Å². The van der Waals surface area contributed by atoms with Gasteiger partial charge in [-0.2, -0.15) is 0 Å². The van der Waals surface area contributed by atoms with Crippen LogP contribution in [0, 0.1) is 0 Å². The highest BCUT2D eigenvalue weighted by atomic mass is 79.9. The minimum atomic E-state index is -0.464. The molecule has 8 heteroatoms. The molecule has 2 aliphatic rings. The van der Waals surface area contributed by atoms with E-state index in [1.807, 2.05) is 36.6 Å². The van der Waals surface area contributed by atoms with E-state index in [1.165, 1.54) is 0 Å². The first-order valence-corrected chi connectivity index (χ1v) is 12.6. The Bertz CT molecular complexity index is 1220. The highest BCUT2D eigenvalue weighted by Crippen LogP contribution is 2.38. The number of carbonyl (C=O) groups excluding carboxylic acids is 1. The molecule has 6 nitrogen and oxygen atoms in total. The first-order valence-electron chi connectivity index (χ1n) is 10.6. The summed E-state index contributed by atoms with van der Waals surface area (Å²) < 4.78 is 12.3. The maximum atomic E-state index is 13.6. The van der Waals surface area contributed by atoms with Crippen LogP contribution in [0.2, 0.25) is 0 Å². The molecule has 3 heterocycles. The van der Waals surface area contributed by atoms with Crippen molar-refractivity contribution in [3.8, 4) is 0 Å². The van der Waals surface area contributed by atoms with Crippen molar-refractivity contribution < 1.29 is 13.9 Å². The van der Waals surface area contributed by atoms with Crippen LogP contribution in [0.25, 0.3) is 11.0 Å². The topological polar surface area (TPSA) is 63.0 Å². The quantitative estimate of drug-likeness (QED) is 0.476. The lowest BCUT2D eigenvalue weighted by Crippen LogP contribution is -2.42. The first-order chi connectivity index (χ1) is 15.6. The molecule has 1 unspecified atom stereocenters. The van der Waals surface area contributed by atoms with Crippen LogP contribution in [0.5, 0.6) is 0 Å². The fraction of sp³-hybridized carbons (Fsp3) is 0.333. The number of hydrogen-bond donors (Lipinski definition) is 0. The lowest BCUT2D eigenvalue weighted by molar-refractivity contribution is 0.0314. The second-order valence-corrected chi connectivity index (χ2v) is 9.74. The van der Waals surface area contributed by atoms with Crippen molar-refractivity contribution in [2.24, 2.45) is 0 Å². The summed E-state index contributed by atoms with van der Waals surface area (Å²) in [5.41, 5.74) is 1.62. The van der Waals surface area contributed by atoms with Gasteiger partial charge in [0.2, 0.25) is 5.76 Å². The maximum absolute atomic E-state index is 13.6. The van der Waals surface area contributed by atoms with Gasteiger partial charge in [0.05, 0.1) is 30.2 Å². The Morgan fingerprint density at radius 2 is 1.81 bits per heavy atom. The Kier molecular flexibility index (Phi) is 6.11. The third kappa shape index (κ3) is 3.90. The largest absolute Gasteiger partial charge is 0.450 e. The maximum Gasteiger partial charge on any atom is 0.290 e. The van der Waals surface area contributed by atoms with Crippen molar-refractivity contribution in [2.75, 3.05) is 45.6 Å². The summed E-state index contributed by atoms with van der Waals surface area (Å²) in [6, 6.07) is 12.9. The highest BCUT2D eigenvalue weighted by Gasteiger charge is 2.42. The van der Waals surface area contributed by atoms with E-state index in [2.05, 4.69) is 20.8 Å². The van der Waals surface area contributed by atoms with E-state index in [9.17, 15) is 9.59 Å². The van der Waals surface area contributed by atoms with Gasteiger partial charge in [-0.25, -0.2) is 0 Å². The summed E-state index contributed by atoms with van der Waals surface area (Å²) in [5.74, 6) is -0.0696. The van der Waals surface area contributed by atoms with E-state index >= 15 is 0 Å². The molecule has 0 N–H and O–H groups in total. The number of morpholine rings is 1. The Balaban J connectivity index is 1.60. The number of thioether (sulfide) groups is 1. The molecule has 0 saturated carbocycles. The molecule has 2 aromatic carbocycles. The zero-order valence-electron chi connectivity index (χ0n) is 17.7. The van der Waals surface area contributed by atoms with Gasteiger partial charge in [0.25, 0.3) is 5.91 Å². The SMILES string of the molecule is CSc1ccc(C2c3c(oc4ccc(Br)cc4c3=O)C(=O)N2CCN2CCOCC2)cc1. The normalized spacial score (nSPS) is 19.0. The van der Waals surface area contributed by atoms with Crippen LogP contribution in [0.3, 0.4) is 0 Å². The molecule has 1 amide bonds. The molecule has 32 heavy (non-hydrogen) atoms. The fourth-order valence-corrected chi connectivity index (χ4v) is 5.20. The van der Waals surface area contributed by atoms with E-state index in [1.54, 1.807) is 28.8 Å². The third-order valence-corrected chi connectivity index (χ3v) is 7.36. The summed E-state index contributed by atoms with van der Waals surface area (Å²) in [6.07, 6.45) is 2.02. The molecule has 1 atom stereocenters. The van der Waals surface area contributed by atoms with Gasteiger partial charge in [0, 0.05) is 35.5 Å². The number of amides is 1. The van der Waals surface area contributed by atoms with Crippen LogP contribution in [-0.2, 0) is 4.74 Å². The van der Waals surface area contributed by atoms with E-state index in [4.69, 9.17) is 9.15 Å². The smallest absolute Gasteiger partial charge is 0.290 e. The summed E-state index contributed by atoms with van der Waals surface area (Å²) in [5, 5.41) is 0.478. The van der Waals surface area contributed by atoms with Gasteiger partial charge in [-0.05, 0) is 42.2 Å².